The molecule has 2 rings (SSSR count). The summed E-state index contributed by atoms with van der Waals surface area (Å²) in [5, 5.41) is 11.0. The van der Waals surface area contributed by atoms with Crippen LogP contribution in [-0.2, 0) is 4.79 Å². The van der Waals surface area contributed by atoms with Gasteiger partial charge in [-0.3, -0.25) is 0 Å². The van der Waals surface area contributed by atoms with Gasteiger partial charge in [-0.05, 0) is 26.0 Å². The van der Waals surface area contributed by atoms with Crippen LogP contribution in [0.3, 0.4) is 0 Å². The third kappa shape index (κ3) is 3.44. The lowest BCUT2D eigenvalue weighted by molar-refractivity contribution is -0.906. The van der Waals surface area contributed by atoms with E-state index in [0.717, 1.165) is 32.0 Å². The lowest BCUT2D eigenvalue weighted by atomic mass is 9.93. The maximum absolute atomic E-state index is 11.0. The van der Waals surface area contributed by atoms with Crippen molar-refractivity contribution in [1.82, 2.24) is 4.98 Å². The average molecular weight is 263 g/mol. The van der Waals surface area contributed by atoms with Crippen LogP contribution >= 0.6 is 0 Å². The Kier molecular flexibility index (Phi) is 4.04. The zero-order valence-electron chi connectivity index (χ0n) is 11.6. The molecular weight excluding hydrogens is 242 g/mol. The smallest absolute Gasteiger partial charge is 0.128 e. The number of hydrogen-bond donors (Lipinski definition) is 1. The molecule has 0 amide bonds. The topological polar surface area (TPSA) is 60.7 Å². The second-order valence-corrected chi connectivity index (χ2v) is 5.77. The first-order valence-electron chi connectivity index (χ1n) is 6.70. The third-order valence-electron chi connectivity index (χ3n) is 3.69. The van der Waals surface area contributed by atoms with Crippen LogP contribution < -0.4 is 14.9 Å². The molecule has 0 aromatic carbocycles. The number of rotatable bonds is 4. The molecule has 1 aromatic rings. The minimum absolute atomic E-state index is 0.616. The van der Waals surface area contributed by atoms with Crippen molar-refractivity contribution >= 4 is 11.8 Å². The number of carboxylic acid groups (broad SMARTS) is 1. The highest BCUT2D eigenvalue weighted by Gasteiger charge is 2.29. The first kappa shape index (κ1) is 13.8. The van der Waals surface area contributed by atoms with Crippen LogP contribution in [0, 0.1) is 5.41 Å². The summed E-state index contributed by atoms with van der Waals surface area (Å²) in [5.74, 6) is 0.0351. The summed E-state index contributed by atoms with van der Waals surface area (Å²) in [6, 6.07) is 5.91. The molecule has 2 heterocycles. The number of aliphatic carboxylic acids is 1. The molecule has 19 heavy (non-hydrogen) atoms. The number of carboxylic acids is 1. The van der Waals surface area contributed by atoms with E-state index < -0.39 is 11.4 Å². The standard InChI is InChI=1S/C14H21N3O2/c1-14(2,13(18)19)11-16-7-9-17(10-8-16)12-5-3-4-6-15-12/h3-6H,7-11H2,1-2H3,(H,18,19). The summed E-state index contributed by atoms with van der Waals surface area (Å²) in [4.78, 5) is 18.9. The van der Waals surface area contributed by atoms with Gasteiger partial charge in [-0.2, -0.15) is 0 Å². The summed E-state index contributed by atoms with van der Waals surface area (Å²) in [6.45, 7) is 7.79. The molecule has 104 valence electrons. The first-order chi connectivity index (χ1) is 8.99. The summed E-state index contributed by atoms with van der Waals surface area (Å²) >= 11 is 0. The Hall–Kier alpha value is -1.62. The monoisotopic (exact) mass is 263 g/mol. The van der Waals surface area contributed by atoms with Gasteiger partial charge in [-0.25, -0.2) is 4.98 Å². The molecule has 1 saturated heterocycles. The fourth-order valence-corrected chi connectivity index (χ4v) is 2.47. The minimum Gasteiger partial charge on any atom is -0.549 e. The second kappa shape index (κ2) is 5.57. The number of piperazine rings is 1. The van der Waals surface area contributed by atoms with E-state index in [9.17, 15) is 9.90 Å². The molecular formula is C14H21N3O2. The van der Waals surface area contributed by atoms with E-state index in [2.05, 4.69) is 9.88 Å². The maximum atomic E-state index is 11.0. The van der Waals surface area contributed by atoms with E-state index in [1.54, 1.807) is 20.0 Å². The summed E-state index contributed by atoms with van der Waals surface area (Å²) < 4.78 is 0. The number of hydrogen-bond acceptors (Lipinski definition) is 4. The molecule has 0 radical (unpaired) electrons. The number of nitrogens with one attached hydrogen (secondary N) is 1. The van der Waals surface area contributed by atoms with Gasteiger partial charge in [0.05, 0.1) is 44.1 Å². The highest BCUT2D eigenvalue weighted by Crippen LogP contribution is 2.11. The van der Waals surface area contributed by atoms with Crippen molar-refractivity contribution in [1.29, 1.82) is 0 Å². The van der Waals surface area contributed by atoms with Crippen LogP contribution in [0.25, 0.3) is 0 Å². The second-order valence-electron chi connectivity index (χ2n) is 5.77. The Labute approximate surface area is 113 Å². The van der Waals surface area contributed by atoms with Gasteiger partial charge in [0.2, 0.25) is 0 Å². The summed E-state index contributed by atoms with van der Waals surface area (Å²) in [5.41, 5.74) is -0.761. The lowest BCUT2D eigenvalue weighted by Crippen LogP contribution is -3.16. The van der Waals surface area contributed by atoms with Gasteiger partial charge in [-0.15, -0.1) is 0 Å². The van der Waals surface area contributed by atoms with Crippen molar-refractivity contribution in [3.63, 3.8) is 0 Å². The first-order valence-corrected chi connectivity index (χ1v) is 6.70. The molecule has 5 heteroatoms. The average Bonchev–Trinajstić information content (AvgIpc) is 2.40. The van der Waals surface area contributed by atoms with Gasteiger partial charge in [-0.1, -0.05) is 6.07 Å². The zero-order chi connectivity index (χ0) is 13.9. The fraction of sp³-hybridized carbons (Fsp3) is 0.571. The predicted octanol–water partition coefficient (Wildman–Crippen LogP) is -1.44. The van der Waals surface area contributed by atoms with Crippen molar-refractivity contribution in [2.45, 2.75) is 13.8 Å². The van der Waals surface area contributed by atoms with Crippen molar-refractivity contribution in [2.75, 3.05) is 37.6 Å². The van der Waals surface area contributed by atoms with Gasteiger partial charge in [0.15, 0.2) is 0 Å². The van der Waals surface area contributed by atoms with E-state index in [-0.39, 0.29) is 0 Å². The molecule has 0 saturated carbocycles. The zero-order valence-corrected chi connectivity index (χ0v) is 11.6. The van der Waals surface area contributed by atoms with Gasteiger partial charge in [0.1, 0.15) is 5.82 Å². The fourth-order valence-electron chi connectivity index (χ4n) is 2.47. The van der Waals surface area contributed by atoms with E-state index in [0.29, 0.717) is 6.54 Å². The Bertz CT molecular complexity index is 426. The Morgan fingerprint density at radius 1 is 1.42 bits per heavy atom. The van der Waals surface area contributed by atoms with Crippen LogP contribution in [-0.4, -0.2) is 43.7 Å². The molecule has 1 aromatic heterocycles. The number of pyridine rings is 1. The van der Waals surface area contributed by atoms with Gasteiger partial charge < -0.3 is 19.7 Å². The minimum atomic E-state index is -0.966. The van der Waals surface area contributed by atoms with Crippen LogP contribution in [0.4, 0.5) is 5.82 Å². The molecule has 0 spiro atoms. The molecule has 0 atom stereocenters. The summed E-state index contributed by atoms with van der Waals surface area (Å²) in [7, 11) is 0. The van der Waals surface area contributed by atoms with E-state index in [1.165, 1.54) is 4.90 Å². The molecule has 5 nitrogen and oxygen atoms in total. The van der Waals surface area contributed by atoms with Crippen molar-refractivity contribution in [3.05, 3.63) is 24.4 Å². The number of carbonyl (C=O) groups excluding carboxylic acids is 1. The van der Waals surface area contributed by atoms with Crippen LogP contribution in [0.5, 0.6) is 0 Å². The Morgan fingerprint density at radius 3 is 2.63 bits per heavy atom. The third-order valence-corrected chi connectivity index (χ3v) is 3.69. The van der Waals surface area contributed by atoms with Gasteiger partial charge >= 0.3 is 0 Å². The van der Waals surface area contributed by atoms with Crippen molar-refractivity contribution < 1.29 is 14.8 Å². The highest BCUT2D eigenvalue weighted by molar-refractivity contribution is 5.71. The number of carbonyl (C=O) groups is 1. The molecule has 1 aliphatic rings. The molecule has 0 unspecified atom stereocenters. The predicted molar refractivity (Wildman–Crippen MR) is 70.8 cm³/mol. The van der Waals surface area contributed by atoms with Gasteiger partial charge in [0, 0.05) is 6.20 Å². The van der Waals surface area contributed by atoms with Crippen LogP contribution in [0.15, 0.2) is 24.4 Å². The number of nitrogens with zero attached hydrogens (tertiary/aromatic N) is 2. The number of aromatic nitrogens is 1. The molecule has 1 aliphatic heterocycles. The molecule has 1 N–H and O–H groups in total. The number of quaternary nitrogens is 1. The SMILES string of the molecule is CC(C)(C[NH+]1CCN(c2ccccn2)CC1)C(=O)[O-]. The quantitative estimate of drug-likeness (QED) is 0.723. The molecule has 0 aliphatic carbocycles. The van der Waals surface area contributed by atoms with E-state index in [1.807, 2.05) is 18.2 Å². The van der Waals surface area contributed by atoms with E-state index in [4.69, 9.17) is 0 Å². The van der Waals surface area contributed by atoms with E-state index >= 15 is 0 Å². The Balaban J connectivity index is 1.88. The molecule has 1 fully saturated rings. The molecule has 0 bridgehead atoms. The summed E-state index contributed by atoms with van der Waals surface area (Å²) in [6.07, 6.45) is 1.80. The van der Waals surface area contributed by atoms with Crippen molar-refractivity contribution in [3.8, 4) is 0 Å². The normalized spacial score (nSPS) is 17.5. The van der Waals surface area contributed by atoms with Crippen molar-refractivity contribution in [2.24, 2.45) is 5.41 Å². The number of anilines is 1. The lowest BCUT2D eigenvalue weighted by Gasteiger charge is -2.37. The maximum Gasteiger partial charge on any atom is 0.128 e. The van der Waals surface area contributed by atoms with Crippen LogP contribution in [0.2, 0.25) is 0 Å². The largest absolute Gasteiger partial charge is 0.549 e. The Morgan fingerprint density at radius 2 is 2.11 bits per heavy atom. The van der Waals surface area contributed by atoms with Crippen LogP contribution in [0.1, 0.15) is 13.8 Å². The van der Waals surface area contributed by atoms with Gasteiger partial charge in [0.25, 0.3) is 0 Å². The highest BCUT2D eigenvalue weighted by atomic mass is 16.4.